The first-order valence-corrected chi connectivity index (χ1v) is 7.15. The third kappa shape index (κ3) is 2.30. The molecule has 2 fully saturated rings. The second kappa shape index (κ2) is 5.31. The maximum absolute atomic E-state index is 10.8. The molecule has 0 N–H and O–H groups in total. The van der Waals surface area contributed by atoms with Gasteiger partial charge in [0.15, 0.2) is 0 Å². The quantitative estimate of drug-likeness (QED) is 0.628. The zero-order valence-corrected chi connectivity index (χ0v) is 12.0. The molecule has 2 atom stereocenters. The monoisotopic (exact) mass is 300 g/mol. The van der Waals surface area contributed by atoms with Gasteiger partial charge in [0.1, 0.15) is 6.20 Å². The molecule has 0 aliphatic carbocycles. The smallest absolute Gasteiger partial charge is 0.325 e. The van der Waals surface area contributed by atoms with E-state index in [-0.39, 0.29) is 16.9 Å². The Balaban J connectivity index is 1.73. The van der Waals surface area contributed by atoms with Crippen LogP contribution in [-0.2, 0) is 4.74 Å². The minimum atomic E-state index is -0.489. The van der Waals surface area contributed by atoms with Crippen LogP contribution in [0.3, 0.4) is 0 Å². The fourth-order valence-electron chi connectivity index (χ4n) is 2.99. The van der Waals surface area contributed by atoms with Gasteiger partial charge in [-0.3, -0.25) is 15.0 Å². The van der Waals surface area contributed by atoms with E-state index in [1.165, 1.54) is 6.20 Å². The van der Waals surface area contributed by atoms with Crippen molar-refractivity contribution in [1.29, 1.82) is 0 Å². The van der Waals surface area contributed by atoms with E-state index in [1.807, 2.05) is 0 Å². The Morgan fingerprint density at radius 2 is 2.30 bits per heavy atom. The fourth-order valence-corrected chi connectivity index (χ4v) is 3.27. The SMILES string of the molecule is C[C@@H]1CN(C2COC2)CC[C@@H]1n1ncc([N+](=O)[O-])c1Cl. The molecule has 0 amide bonds. The van der Waals surface area contributed by atoms with E-state index < -0.39 is 4.92 Å². The average Bonchev–Trinajstić information content (AvgIpc) is 2.69. The molecule has 110 valence electrons. The van der Waals surface area contributed by atoms with Crippen molar-refractivity contribution in [2.75, 3.05) is 26.3 Å². The molecule has 0 radical (unpaired) electrons. The minimum absolute atomic E-state index is 0.117. The first-order valence-electron chi connectivity index (χ1n) is 6.77. The molecule has 2 saturated heterocycles. The predicted octanol–water partition coefficient (Wildman–Crippen LogP) is 1.73. The van der Waals surface area contributed by atoms with Gasteiger partial charge in [0, 0.05) is 13.1 Å². The number of piperidine rings is 1. The lowest BCUT2D eigenvalue weighted by Crippen LogP contribution is -2.54. The summed E-state index contributed by atoms with van der Waals surface area (Å²) in [6.07, 6.45) is 2.14. The average molecular weight is 301 g/mol. The molecule has 2 aliphatic rings. The van der Waals surface area contributed by atoms with Gasteiger partial charge in [-0.2, -0.15) is 5.10 Å². The van der Waals surface area contributed by atoms with Crippen molar-refractivity contribution in [2.45, 2.75) is 25.4 Å². The highest BCUT2D eigenvalue weighted by Crippen LogP contribution is 2.34. The summed E-state index contributed by atoms with van der Waals surface area (Å²) in [4.78, 5) is 12.8. The summed E-state index contributed by atoms with van der Waals surface area (Å²) in [6.45, 7) is 5.66. The van der Waals surface area contributed by atoms with Crippen molar-refractivity contribution in [2.24, 2.45) is 5.92 Å². The Hall–Kier alpha value is -1.18. The summed E-state index contributed by atoms with van der Waals surface area (Å²) >= 11 is 6.08. The van der Waals surface area contributed by atoms with Crippen molar-refractivity contribution < 1.29 is 9.66 Å². The van der Waals surface area contributed by atoms with Crippen LogP contribution in [-0.4, -0.2) is 51.9 Å². The molecule has 3 heterocycles. The standard InChI is InChI=1S/C12H17ClN4O3/c1-8-5-15(9-6-20-7-9)3-2-10(8)16-12(13)11(4-14-16)17(18)19/h4,8-10H,2-3,5-7H2,1H3/t8-,10+/m1/s1. The molecule has 0 aromatic carbocycles. The van der Waals surface area contributed by atoms with Crippen LogP contribution in [0.5, 0.6) is 0 Å². The van der Waals surface area contributed by atoms with Gasteiger partial charge in [-0.05, 0) is 12.3 Å². The first kappa shape index (κ1) is 13.8. The second-order valence-electron chi connectivity index (χ2n) is 5.54. The molecule has 3 rings (SSSR count). The number of nitro groups is 1. The number of nitrogens with zero attached hydrogens (tertiary/aromatic N) is 4. The maximum atomic E-state index is 10.8. The highest BCUT2D eigenvalue weighted by Gasteiger charge is 2.36. The van der Waals surface area contributed by atoms with Crippen LogP contribution >= 0.6 is 11.6 Å². The van der Waals surface area contributed by atoms with Gasteiger partial charge in [0.25, 0.3) is 0 Å². The van der Waals surface area contributed by atoms with E-state index in [2.05, 4.69) is 16.9 Å². The molecule has 7 nitrogen and oxygen atoms in total. The second-order valence-corrected chi connectivity index (χ2v) is 5.90. The zero-order valence-electron chi connectivity index (χ0n) is 11.2. The number of halogens is 1. The molecule has 0 bridgehead atoms. The maximum Gasteiger partial charge on any atom is 0.325 e. The largest absolute Gasteiger partial charge is 0.378 e. The normalized spacial score (nSPS) is 28.3. The van der Waals surface area contributed by atoms with Crippen LogP contribution in [0.2, 0.25) is 5.15 Å². The Labute approximate surface area is 121 Å². The third-order valence-corrected chi connectivity index (χ3v) is 4.62. The fraction of sp³-hybridized carbons (Fsp3) is 0.750. The van der Waals surface area contributed by atoms with Crippen LogP contribution < -0.4 is 0 Å². The number of rotatable bonds is 3. The molecule has 0 spiro atoms. The van der Waals surface area contributed by atoms with Gasteiger partial charge >= 0.3 is 5.69 Å². The van der Waals surface area contributed by atoms with Crippen molar-refractivity contribution >= 4 is 17.3 Å². The molecule has 1 aromatic rings. The summed E-state index contributed by atoms with van der Waals surface area (Å²) in [5.74, 6) is 0.348. The molecule has 0 unspecified atom stereocenters. The molecular weight excluding hydrogens is 284 g/mol. The van der Waals surface area contributed by atoms with E-state index in [4.69, 9.17) is 16.3 Å². The number of hydrogen-bond donors (Lipinski definition) is 0. The van der Waals surface area contributed by atoms with Crippen molar-refractivity contribution in [3.63, 3.8) is 0 Å². The lowest BCUT2D eigenvalue weighted by molar-refractivity contribution is -0.384. The Bertz CT molecular complexity index is 517. The summed E-state index contributed by atoms with van der Waals surface area (Å²) in [6, 6.07) is 0.647. The van der Waals surface area contributed by atoms with Crippen LogP contribution in [0.15, 0.2) is 6.20 Å². The minimum Gasteiger partial charge on any atom is -0.378 e. The first-order chi connectivity index (χ1) is 9.58. The van der Waals surface area contributed by atoms with E-state index in [0.29, 0.717) is 12.0 Å². The zero-order chi connectivity index (χ0) is 14.3. The molecule has 0 saturated carbocycles. The number of aromatic nitrogens is 2. The van der Waals surface area contributed by atoms with Crippen LogP contribution in [0, 0.1) is 16.0 Å². The lowest BCUT2D eigenvalue weighted by Gasteiger charge is -2.44. The Morgan fingerprint density at radius 3 is 2.80 bits per heavy atom. The number of likely N-dealkylation sites (tertiary alicyclic amines) is 1. The van der Waals surface area contributed by atoms with Crippen LogP contribution in [0.4, 0.5) is 5.69 Å². The van der Waals surface area contributed by atoms with Gasteiger partial charge in [-0.25, -0.2) is 4.68 Å². The predicted molar refractivity (Wildman–Crippen MR) is 72.9 cm³/mol. The topological polar surface area (TPSA) is 73.4 Å². The summed E-state index contributed by atoms with van der Waals surface area (Å²) in [5, 5.41) is 15.1. The summed E-state index contributed by atoms with van der Waals surface area (Å²) in [5.41, 5.74) is -0.117. The van der Waals surface area contributed by atoms with Crippen LogP contribution in [0.25, 0.3) is 0 Å². The van der Waals surface area contributed by atoms with Gasteiger partial charge < -0.3 is 4.74 Å². The molecule has 20 heavy (non-hydrogen) atoms. The van der Waals surface area contributed by atoms with E-state index in [1.54, 1.807) is 4.68 Å². The third-order valence-electron chi connectivity index (χ3n) is 4.26. The number of ether oxygens (including phenoxy) is 1. The molecule has 1 aromatic heterocycles. The highest BCUT2D eigenvalue weighted by molar-refractivity contribution is 6.31. The van der Waals surface area contributed by atoms with Crippen molar-refractivity contribution in [3.8, 4) is 0 Å². The Kier molecular flexibility index (Phi) is 3.66. The summed E-state index contributed by atoms with van der Waals surface area (Å²) < 4.78 is 6.84. The van der Waals surface area contributed by atoms with E-state index in [9.17, 15) is 10.1 Å². The van der Waals surface area contributed by atoms with Gasteiger partial charge in [0.05, 0.1) is 30.2 Å². The van der Waals surface area contributed by atoms with Crippen molar-refractivity contribution in [1.82, 2.24) is 14.7 Å². The summed E-state index contributed by atoms with van der Waals surface area (Å²) in [7, 11) is 0. The van der Waals surface area contributed by atoms with Crippen molar-refractivity contribution in [3.05, 3.63) is 21.5 Å². The Morgan fingerprint density at radius 1 is 1.55 bits per heavy atom. The highest BCUT2D eigenvalue weighted by atomic mass is 35.5. The molecule has 8 heteroatoms. The van der Waals surface area contributed by atoms with E-state index in [0.717, 1.165) is 32.7 Å². The molecule has 2 aliphatic heterocycles. The van der Waals surface area contributed by atoms with Gasteiger partial charge in [0.2, 0.25) is 5.15 Å². The number of hydrogen-bond acceptors (Lipinski definition) is 5. The van der Waals surface area contributed by atoms with Gasteiger partial charge in [-0.1, -0.05) is 18.5 Å². The lowest BCUT2D eigenvalue weighted by atomic mass is 9.92. The van der Waals surface area contributed by atoms with Crippen LogP contribution in [0.1, 0.15) is 19.4 Å². The molecular formula is C12H17ClN4O3. The van der Waals surface area contributed by atoms with E-state index >= 15 is 0 Å². The van der Waals surface area contributed by atoms with Gasteiger partial charge in [-0.15, -0.1) is 0 Å².